The molecule has 1 heterocycles. The molecule has 0 bridgehead atoms. The second kappa shape index (κ2) is 7.32. The Morgan fingerprint density at radius 2 is 1.96 bits per heavy atom. The maximum absolute atomic E-state index is 13.3. The normalized spacial score (nSPS) is 17.0. The maximum atomic E-state index is 13.3. The highest BCUT2D eigenvalue weighted by molar-refractivity contribution is 9.10. The molecule has 8 heteroatoms. The zero-order valence-corrected chi connectivity index (χ0v) is 15.8. The number of amides is 2. The number of halogens is 4. The number of hydrogen-bond acceptors (Lipinski definition) is 2. The van der Waals surface area contributed by atoms with Crippen molar-refractivity contribution in [2.24, 2.45) is 5.92 Å². The first-order valence-corrected chi connectivity index (χ1v) is 8.91. The summed E-state index contributed by atoms with van der Waals surface area (Å²) in [7, 11) is 0. The van der Waals surface area contributed by atoms with Crippen molar-refractivity contribution in [3.63, 3.8) is 0 Å². The highest BCUT2D eigenvalue weighted by Gasteiger charge is 2.35. The van der Waals surface area contributed by atoms with Gasteiger partial charge >= 0.3 is 0 Å². The van der Waals surface area contributed by atoms with Gasteiger partial charge in [-0.05, 0) is 36.4 Å². The molecule has 1 unspecified atom stereocenters. The minimum atomic E-state index is -0.559. The van der Waals surface area contributed by atoms with Crippen LogP contribution in [0.25, 0.3) is 0 Å². The summed E-state index contributed by atoms with van der Waals surface area (Å²) in [5.41, 5.74) is 0.943. The quantitative estimate of drug-likeness (QED) is 0.731. The second-order valence-electron chi connectivity index (χ2n) is 5.62. The lowest BCUT2D eigenvalue weighted by molar-refractivity contribution is -0.122. The van der Waals surface area contributed by atoms with E-state index >= 15 is 0 Å². The molecule has 2 amide bonds. The number of carbonyl (C=O) groups is 2. The van der Waals surface area contributed by atoms with Gasteiger partial charge in [-0.1, -0.05) is 39.1 Å². The highest BCUT2D eigenvalue weighted by Crippen LogP contribution is 2.30. The molecule has 4 nitrogen and oxygen atoms in total. The van der Waals surface area contributed by atoms with Crippen molar-refractivity contribution in [3.05, 3.63) is 56.7 Å². The fourth-order valence-corrected chi connectivity index (χ4v) is 3.51. The van der Waals surface area contributed by atoms with Crippen molar-refractivity contribution in [3.8, 4) is 0 Å². The lowest BCUT2D eigenvalue weighted by Gasteiger charge is -2.17. The first-order chi connectivity index (χ1) is 11.8. The highest BCUT2D eigenvalue weighted by atomic mass is 79.9. The molecule has 1 atom stereocenters. The van der Waals surface area contributed by atoms with E-state index in [9.17, 15) is 14.0 Å². The van der Waals surface area contributed by atoms with Gasteiger partial charge in [0.1, 0.15) is 5.82 Å². The summed E-state index contributed by atoms with van der Waals surface area (Å²) in [6.45, 7) is 0.195. The molecule has 1 saturated heterocycles. The SMILES string of the molecule is O=C(Nc1ccc(Br)cc1Cl)C1CC(=O)N(c2ccc(F)c(Cl)c2)C1. The third kappa shape index (κ3) is 3.97. The van der Waals surface area contributed by atoms with Crippen LogP contribution in [0.4, 0.5) is 15.8 Å². The van der Waals surface area contributed by atoms with Gasteiger partial charge in [0.05, 0.1) is 21.7 Å². The number of carbonyl (C=O) groups excluding carboxylic acids is 2. The molecule has 1 N–H and O–H groups in total. The zero-order valence-electron chi connectivity index (χ0n) is 12.7. The van der Waals surface area contributed by atoms with Crippen molar-refractivity contribution in [1.82, 2.24) is 0 Å². The molecule has 1 fully saturated rings. The van der Waals surface area contributed by atoms with E-state index in [2.05, 4.69) is 21.2 Å². The van der Waals surface area contributed by atoms with E-state index < -0.39 is 11.7 Å². The molecule has 0 aliphatic carbocycles. The van der Waals surface area contributed by atoms with Crippen molar-refractivity contribution >= 4 is 62.3 Å². The Hall–Kier alpha value is -1.63. The Bertz CT molecular complexity index is 863. The van der Waals surface area contributed by atoms with Crippen LogP contribution in [0.1, 0.15) is 6.42 Å². The molecular weight excluding hydrogens is 434 g/mol. The Labute approximate surface area is 162 Å². The number of rotatable bonds is 3. The van der Waals surface area contributed by atoms with E-state index in [1.54, 1.807) is 18.2 Å². The van der Waals surface area contributed by atoms with Crippen LogP contribution in [0, 0.1) is 11.7 Å². The van der Waals surface area contributed by atoms with E-state index in [1.165, 1.54) is 23.1 Å². The van der Waals surface area contributed by atoms with Gasteiger partial charge in [-0.25, -0.2) is 4.39 Å². The van der Waals surface area contributed by atoms with Gasteiger partial charge in [0.2, 0.25) is 11.8 Å². The van der Waals surface area contributed by atoms with Crippen LogP contribution in [0.3, 0.4) is 0 Å². The van der Waals surface area contributed by atoms with Gasteiger partial charge in [-0.3, -0.25) is 9.59 Å². The molecular formula is C17H12BrCl2FN2O2. The molecule has 1 aliphatic rings. The summed E-state index contributed by atoms with van der Waals surface area (Å²) < 4.78 is 14.1. The van der Waals surface area contributed by atoms with Crippen LogP contribution >= 0.6 is 39.1 Å². The van der Waals surface area contributed by atoms with Crippen molar-refractivity contribution in [2.75, 3.05) is 16.8 Å². The molecule has 2 aromatic carbocycles. The van der Waals surface area contributed by atoms with E-state index in [-0.39, 0.29) is 29.8 Å². The molecule has 0 saturated carbocycles. The average Bonchev–Trinajstić information content (AvgIpc) is 2.95. The summed E-state index contributed by atoms with van der Waals surface area (Å²) in [4.78, 5) is 26.1. The number of nitrogens with one attached hydrogen (secondary N) is 1. The van der Waals surface area contributed by atoms with Crippen molar-refractivity contribution in [1.29, 1.82) is 0 Å². The van der Waals surface area contributed by atoms with Crippen LogP contribution in [0.2, 0.25) is 10.0 Å². The molecule has 0 aromatic heterocycles. The third-order valence-corrected chi connectivity index (χ3v) is 5.00. The van der Waals surface area contributed by atoms with Crippen LogP contribution in [-0.2, 0) is 9.59 Å². The number of hydrogen-bond donors (Lipinski definition) is 1. The van der Waals surface area contributed by atoms with Gasteiger partial charge < -0.3 is 10.2 Å². The summed E-state index contributed by atoms with van der Waals surface area (Å²) >= 11 is 15.2. The molecule has 0 spiro atoms. The van der Waals surface area contributed by atoms with E-state index in [0.29, 0.717) is 16.4 Å². The topological polar surface area (TPSA) is 49.4 Å². The number of nitrogens with zero attached hydrogens (tertiary/aromatic N) is 1. The number of anilines is 2. The second-order valence-corrected chi connectivity index (χ2v) is 7.35. The van der Waals surface area contributed by atoms with Gasteiger partial charge in [-0.15, -0.1) is 0 Å². The fraction of sp³-hybridized carbons (Fsp3) is 0.176. The first kappa shape index (κ1) is 18.2. The Balaban J connectivity index is 1.73. The summed E-state index contributed by atoms with van der Waals surface area (Å²) in [6.07, 6.45) is 0.0645. The molecule has 130 valence electrons. The van der Waals surface area contributed by atoms with Crippen molar-refractivity contribution in [2.45, 2.75) is 6.42 Å². The van der Waals surface area contributed by atoms with Gasteiger partial charge in [0, 0.05) is 23.1 Å². The largest absolute Gasteiger partial charge is 0.324 e. The summed E-state index contributed by atoms with van der Waals surface area (Å²) in [5, 5.41) is 3.06. The Morgan fingerprint density at radius 1 is 1.20 bits per heavy atom. The van der Waals surface area contributed by atoms with Crippen LogP contribution in [0.15, 0.2) is 40.9 Å². The van der Waals surface area contributed by atoms with Gasteiger partial charge in [0.25, 0.3) is 0 Å². The Morgan fingerprint density at radius 3 is 2.64 bits per heavy atom. The molecule has 0 radical (unpaired) electrons. The molecule has 3 rings (SSSR count). The summed E-state index contributed by atoms with van der Waals surface area (Å²) in [5.74, 6) is -1.61. The molecule has 2 aromatic rings. The Kier molecular flexibility index (Phi) is 5.32. The molecule has 1 aliphatic heterocycles. The van der Waals surface area contributed by atoms with E-state index in [4.69, 9.17) is 23.2 Å². The zero-order chi connectivity index (χ0) is 18.1. The lowest BCUT2D eigenvalue weighted by Crippen LogP contribution is -2.28. The van der Waals surface area contributed by atoms with Crippen LogP contribution in [0.5, 0.6) is 0 Å². The average molecular weight is 446 g/mol. The van der Waals surface area contributed by atoms with Crippen molar-refractivity contribution < 1.29 is 14.0 Å². The van der Waals surface area contributed by atoms with Gasteiger partial charge in [-0.2, -0.15) is 0 Å². The predicted octanol–water partition coefficient (Wildman–Crippen LogP) is 4.89. The van der Waals surface area contributed by atoms with E-state index in [0.717, 1.165) is 4.47 Å². The van der Waals surface area contributed by atoms with Crippen LogP contribution < -0.4 is 10.2 Å². The minimum Gasteiger partial charge on any atom is -0.324 e. The lowest BCUT2D eigenvalue weighted by atomic mass is 10.1. The first-order valence-electron chi connectivity index (χ1n) is 7.36. The minimum absolute atomic E-state index is 0.0645. The third-order valence-electron chi connectivity index (χ3n) is 3.90. The fourth-order valence-electron chi connectivity index (χ4n) is 2.61. The predicted molar refractivity (Wildman–Crippen MR) is 99.7 cm³/mol. The standard InChI is InChI=1S/C17H12BrCl2FN2O2/c18-10-1-4-15(13(20)6-10)22-17(25)9-5-16(24)23(8-9)11-2-3-14(21)12(19)7-11/h1-4,6-7,9H,5,8H2,(H,22,25). The van der Waals surface area contributed by atoms with Gasteiger partial charge in [0.15, 0.2) is 0 Å². The monoisotopic (exact) mass is 444 g/mol. The number of benzene rings is 2. The van der Waals surface area contributed by atoms with E-state index in [1.807, 2.05) is 0 Å². The smallest absolute Gasteiger partial charge is 0.229 e. The van der Waals surface area contributed by atoms with Crippen LogP contribution in [-0.4, -0.2) is 18.4 Å². The molecule has 25 heavy (non-hydrogen) atoms. The maximum Gasteiger partial charge on any atom is 0.229 e. The summed E-state index contributed by atoms with van der Waals surface area (Å²) in [6, 6.07) is 9.14.